The van der Waals surface area contributed by atoms with Gasteiger partial charge in [-0.3, -0.25) is 0 Å². The van der Waals surface area contributed by atoms with Crippen molar-refractivity contribution < 1.29 is 5.11 Å². The first-order chi connectivity index (χ1) is 20.2. The maximum atomic E-state index is 11.6. The molecule has 0 fully saturated rings. The second-order valence-electron chi connectivity index (χ2n) is 13.4. The van der Waals surface area contributed by atoms with Crippen LogP contribution >= 0.6 is 11.6 Å². The van der Waals surface area contributed by atoms with Gasteiger partial charge in [-0.15, -0.1) is 15.0 Å². The van der Waals surface area contributed by atoms with Crippen LogP contribution in [-0.4, -0.2) is 35.5 Å². The van der Waals surface area contributed by atoms with E-state index in [1.807, 2.05) is 54.6 Å². The Bertz CT molecular complexity index is 1830. The van der Waals surface area contributed by atoms with Gasteiger partial charge in [-0.2, -0.15) is 15.4 Å². The van der Waals surface area contributed by atoms with Crippen molar-refractivity contribution in [3.8, 4) is 11.4 Å². The van der Waals surface area contributed by atoms with Gasteiger partial charge < -0.3 is 5.11 Å². The Labute approximate surface area is 257 Å². The molecule has 0 saturated carbocycles. The molecule has 2 aromatic heterocycles. The van der Waals surface area contributed by atoms with Crippen LogP contribution in [-0.2, 0) is 10.8 Å². The summed E-state index contributed by atoms with van der Waals surface area (Å²) in [6.07, 6.45) is 0.986. The van der Waals surface area contributed by atoms with Crippen molar-refractivity contribution >= 4 is 33.7 Å². The molecule has 0 spiro atoms. The zero-order chi connectivity index (χ0) is 31.0. The Morgan fingerprint density at radius 2 is 1.30 bits per heavy atom. The van der Waals surface area contributed by atoms with E-state index in [2.05, 4.69) is 92.3 Å². The fourth-order valence-electron chi connectivity index (χ4n) is 5.86. The highest BCUT2D eigenvalue weighted by molar-refractivity contribution is 6.31. The molecule has 0 radical (unpaired) electrons. The van der Waals surface area contributed by atoms with E-state index in [4.69, 9.17) is 11.6 Å². The number of phenols is 1. The van der Waals surface area contributed by atoms with E-state index in [0.29, 0.717) is 16.2 Å². The molecule has 6 rings (SSSR count). The second kappa shape index (κ2) is 11.5. The van der Waals surface area contributed by atoms with E-state index in [-0.39, 0.29) is 16.6 Å². The van der Waals surface area contributed by atoms with E-state index < -0.39 is 5.41 Å². The Morgan fingerprint density at radius 1 is 0.698 bits per heavy atom. The van der Waals surface area contributed by atoms with Crippen molar-refractivity contribution in [1.82, 2.24) is 30.4 Å². The van der Waals surface area contributed by atoms with Crippen molar-refractivity contribution in [2.24, 2.45) is 5.41 Å². The largest absolute Gasteiger partial charge is 0.505 e. The number of nitrogens with zero attached hydrogens (tertiary/aromatic N) is 5. The standard InChI is InChI=1S/C29H34ClN3O.C6H5N3/c1-27(2,3)18-28(4,5)20-15-22(29(6,7)19-11-9-8-10-12-19)26(34)25(16-20)33-31-23-14-13-21(30)17-24(23)32-33;1-2-4-6-5(3-1)7-9-8-6/h8-17,34H,18H2,1-7H3;1-4H,(H,7,8,9). The third kappa shape index (κ3) is 6.57. The van der Waals surface area contributed by atoms with Crippen molar-refractivity contribution in [2.75, 3.05) is 0 Å². The van der Waals surface area contributed by atoms with Gasteiger partial charge in [-0.05, 0) is 64.8 Å². The molecule has 4 aromatic carbocycles. The average Bonchev–Trinajstić information content (AvgIpc) is 3.59. The molecule has 7 nitrogen and oxygen atoms in total. The van der Waals surface area contributed by atoms with Crippen LogP contribution in [0, 0.1) is 5.41 Å². The van der Waals surface area contributed by atoms with Gasteiger partial charge in [0.05, 0.1) is 0 Å². The summed E-state index contributed by atoms with van der Waals surface area (Å²) >= 11 is 6.18. The number of nitrogens with one attached hydrogen (secondary N) is 1. The molecule has 0 amide bonds. The highest BCUT2D eigenvalue weighted by atomic mass is 35.5. The summed E-state index contributed by atoms with van der Waals surface area (Å²) in [5, 5.41) is 31.8. The molecule has 0 aliphatic heterocycles. The molecule has 2 heterocycles. The van der Waals surface area contributed by atoms with Crippen LogP contribution in [0.4, 0.5) is 0 Å². The predicted octanol–water partition coefficient (Wildman–Crippen LogP) is 8.78. The summed E-state index contributed by atoms with van der Waals surface area (Å²) in [6.45, 7) is 15.6. The van der Waals surface area contributed by atoms with Crippen LogP contribution < -0.4 is 0 Å². The first-order valence-electron chi connectivity index (χ1n) is 14.5. The van der Waals surface area contributed by atoms with Crippen LogP contribution in [0.3, 0.4) is 0 Å². The zero-order valence-electron chi connectivity index (χ0n) is 25.9. The maximum Gasteiger partial charge on any atom is 0.147 e. The van der Waals surface area contributed by atoms with Gasteiger partial charge in [0.25, 0.3) is 0 Å². The highest BCUT2D eigenvalue weighted by Crippen LogP contribution is 2.44. The first kappa shape index (κ1) is 30.2. The summed E-state index contributed by atoms with van der Waals surface area (Å²) in [4.78, 5) is 1.54. The van der Waals surface area contributed by atoms with Gasteiger partial charge >= 0.3 is 0 Å². The second-order valence-corrected chi connectivity index (χ2v) is 13.9. The summed E-state index contributed by atoms with van der Waals surface area (Å²) < 4.78 is 0. The van der Waals surface area contributed by atoms with Crippen LogP contribution in [0.15, 0.2) is 84.9 Å². The molecule has 222 valence electrons. The van der Waals surface area contributed by atoms with Gasteiger partial charge in [0, 0.05) is 16.0 Å². The number of phenolic OH excluding ortho intramolecular Hbond substituents is 1. The number of benzene rings is 4. The summed E-state index contributed by atoms with van der Waals surface area (Å²) in [7, 11) is 0. The van der Waals surface area contributed by atoms with Crippen LogP contribution in [0.1, 0.15) is 71.6 Å². The first-order valence-corrected chi connectivity index (χ1v) is 14.8. The Kier molecular flexibility index (Phi) is 8.05. The fraction of sp³-hybridized carbons (Fsp3) is 0.314. The summed E-state index contributed by atoms with van der Waals surface area (Å²) in [5.41, 5.74) is 6.55. The van der Waals surface area contributed by atoms with E-state index >= 15 is 0 Å². The third-order valence-corrected chi connectivity index (χ3v) is 8.03. The van der Waals surface area contributed by atoms with Crippen molar-refractivity contribution in [1.29, 1.82) is 0 Å². The molecule has 6 aromatic rings. The number of aromatic amines is 1. The molecule has 2 N–H and O–H groups in total. The number of rotatable bonds is 5. The van der Waals surface area contributed by atoms with Crippen LogP contribution in [0.2, 0.25) is 5.02 Å². The Hall–Kier alpha value is -4.23. The van der Waals surface area contributed by atoms with Crippen LogP contribution in [0.5, 0.6) is 5.75 Å². The molecule has 43 heavy (non-hydrogen) atoms. The fourth-order valence-corrected chi connectivity index (χ4v) is 6.02. The maximum absolute atomic E-state index is 11.6. The molecular weight excluding hydrogens is 556 g/mol. The smallest absolute Gasteiger partial charge is 0.147 e. The van der Waals surface area contributed by atoms with Gasteiger partial charge in [0.1, 0.15) is 33.5 Å². The normalized spacial score (nSPS) is 12.4. The Balaban J connectivity index is 0.000000345. The highest BCUT2D eigenvalue weighted by Gasteiger charge is 2.33. The van der Waals surface area contributed by atoms with Crippen molar-refractivity contribution in [3.63, 3.8) is 0 Å². The molecule has 0 unspecified atom stereocenters. The lowest BCUT2D eigenvalue weighted by Gasteiger charge is -2.35. The predicted molar refractivity (Wildman–Crippen MR) is 175 cm³/mol. The lowest BCUT2D eigenvalue weighted by molar-refractivity contribution is 0.283. The van der Waals surface area contributed by atoms with Gasteiger partial charge in [-0.1, -0.05) is 109 Å². The summed E-state index contributed by atoms with van der Waals surface area (Å²) in [5.74, 6) is 0.190. The minimum absolute atomic E-state index is 0.127. The number of H-pyrrole nitrogens is 1. The Morgan fingerprint density at radius 3 is 1.93 bits per heavy atom. The topological polar surface area (TPSA) is 92.5 Å². The zero-order valence-corrected chi connectivity index (χ0v) is 26.6. The lowest BCUT2D eigenvalue weighted by atomic mass is 9.70. The van der Waals surface area contributed by atoms with E-state index in [1.165, 1.54) is 4.80 Å². The lowest BCUT2D eigenvalue weighted by Crippen LogP contribution is -2.27. The van der Waals surface area contributed by atoms with Gasteiger partial charge in [0.15, 0.2) is 0 Å². The minimum atomic E-state index is -0.427. The average molecular weight is 595 g/mol. The quantitative estimate of drug-likeness (QED) is 0.208. The van der Waals surface area contributed by atoms with Crippen molar-refractivity contribution in [3.05, 3.63) is 107 Å². The number of fused-ring (bicyclic) bond motifs is 2. The number of halogens is 1. The SMILES string of the molecule is CC(C)(C)CC(C)(C)c1cc(-n2nc3ccc(Cl)cc3n2)c(O)c(C(C)(C)c2ccccc2)c1.c1ccc2n[nH]nc2c1. The molecule has 0 bridgehead atoms. The summed E-state index contributed by atoms with van der Waals surface area (Å²) in [6, 6.07) is 27.6. The number of hydrogen-bond acceptors (Lipinski definition) is 5. The van der Waals surface area contributed by atoms with E-state index in [1.54, 1.807) is 12.1 Å². The monoisotopic (exact) mass is 594 g/mol. The number of hydrogen-bond donors (Lipinski definition) is 2. The van der Waals surface area contributed by atoms with E-state index in [9.17, 15) is 5.11 Å². The third-order valence-electron chi connectivity index (χ3n) is 7.79. The minimum Gasteiger partial charge on any atom is -0.505 e. The number of para-hydroxylation sites is 2. The van der Waals surface area contributed by atoms with Crippen molar-refractivity contribution in [2.45, 2.75) is 65.7 Å². The van der Waals surface area contributed by atoms with E-state index in [0.717, 1.165) is 39.7 Å². The molecule has 0 aliphatic carbocycles. The molecule has 0 aliphatic rings. The molecule has 0 saturated heterocycles. The van der Waals surface area contributed by atoms with Gasteiger partial charge in [0.2, 0.25) is 0 Å². The number of aromatic nitrogens is 6. The van der Waals surface area contributed by atoms with Gasteiger partial charge in [-0.25, -0.2) is 0 Å². The number of aromatic hydroxyl groups is 1. The molecule has 8 heteroatoms. The molecular formula is C35H39ClN6O. The molecule has 0 atom stereocenters. The van der Waals surface area contributed by atoms with Crippen LogP contribution in [0.25, 0.3) is 27.8 Å².